The summed E-state index contributed by atoms with van der Waals surface area (Å²) in [4.78, 5) is 0. The highest BCUT2D eigenvalue weighted by molar-refractivity contribution is 4.81. The van der Waals surface area contributed by atoms with E-state index < -0.39 is 0 Å². The van der Waals surface area contributed by atoms with Gasteiger partial charge in [0.25, 0.3) is 0 Å². The minimum atomic E-state index is 0.849. The molecule has 2 N–H and O–H groups in total. The lowest BCUT2D eigenvalue weighted by Crippen LogP contribution is -1.97. The summed E-state index contributed by atoms with van der Waals surface area (Å²) in [5.41, 5.74) is 5.46. The van der Waals surface area contributed by atoms with E-state index in [1.54, 1.807) is 0 Å². The highest BCUT2D eigenvalue weighted by Gasteiger charge is 1.91. The summed E-state index contributed by atoms with van der Waals surface area (Å²) in [5, 5.41) is 0. The average molecular weight is 268 g/mol. The van der Waals surface area contributed by atoms with Crippen molar-refractivity contribution in [1.29, 1.82) is 0 Å². The third kappa shape index (κ3) is 17.7. The van der Waals surface area contributed by atoms with E-state index in [9.17, 15) is 0 Å². The number of rotatable bonds is 15. The molecular weight excluding hydrogens is 230 g/mol. The van der Waals surface area contributed by atoms with Gasteiger partial charge in [0.2, 0.25) is 0 Å². The van der Waals surface area contributed by atoms with E-state index in [4.69, 9.17) is 5.73 Å². The molecule has 0 bridgehead atoms. The molecule has 0 spiro atoms. The molecule has 0 aliphatic carbocycles. The van der Waals surface area contributed by atoms with E-state index >= 15 is 0 Å². The van der Waals surface area contributed by atoms with Crippen LogP contribution in [0.15, 0.2) is 12.2 Å². The molecule has 114 valence electrons. The first-order valence-corrected chi connectivity index (χ1v) is 8.77. The van der Waals surface area contributed by atoms with Gasteiger partial charge in [-0.3, -0.25) is 0 Å². The highest BCUT2D eigenvalue weighted by Crippen LogP contribution is 2.10. The number of allylic oxidation sites excluding steroid dienone is 2. The standard InChI is InChI=1S/C18H37N/c1-2-3-4-5-6-7-8-9-10-11-12-13-14-15-16-17-18-19/h12-13H,2-11,14-19H2,1H3/b13-12-. The molecular formula is C18H37N. The molecule has 0 atom stereocenters. The van der Waals surface area contributed by atoms with Gasteiger partial charge in [0.15, 0.2) is 0 Å². The zero-order chi connectivity index (χ0) is 14.0. The fraction of sp³-hybridized carbons (Fsp3) is 0.889. The molecule has 0 aliphatic rings. The van der Waals surface area contributed by atoms with Crippen molar-refractivity contribution in [3.05, 3.63) is 12.2 Å². The summed E-state index contributed by atoms with van der Waals surface area (Å²) in [6, 6.07) is 0. The summed E-state index contributed by atoms with van der Waals surface area (Å²) in [7, 11) is 0. The second-order valence-electron chi connectivity index (χ2n) is 5.73. The lowest BCUT2D eigenvalue weighted by Gasteiger charge is -2.00. The van der Waals surface area contributed by atoms with Crippen LogP contribution in [0, 0.1) is 0 Å². The molecule has 0 saturated carbocycles. The summed E-state index contributed by atoms with van der Waals surface area (Å²) >= 11 is 0. The Morgan fingerprint density at radius 3 is 1.47 bits per heavy atom. The molecule has 19 heavy (non-hydrogen) atoms. The predicted molar refractivity (Wildman–Crippen MR) is 88.5 cm³/mol. The van der Waals surface area contributed by atoms with Gasteiger partial charge in [-0.1, -0.05) is 76.9 Å². The van der Waals surface area contributed by atoms with Crippen LogP contribution in [-0.2, 0) is 0 Å². The molecule has 0 aromatic carbocycles. The van der Waals surface area contributed by atoms with Crippen molar-refractivity contribution in [3.8, 4) is 0 Å². The smallest absolute Gasteiger partial charge is 0.00773 e. The molecule has 0 heterocycles. The molecule has 0 amide bonds. The first-order chi connectivity index (χ1) is 9.41. The fourth-order valence-electron chi connectivity index (χ4n) is 2.39. The second-order valence-corrected chi connectivity index (χ2v) is 5.73. The SMILES string of the molecule is CCCCCCCCCCC/C=C\CCCCCN. The van der Waals surface area contributed by atoms with Gasteiger partial charge in [0.1, 0.15) is 0 Å². The zero-order valence-corrected chi connectivity index (χ0v) is 13.3. The summed E-state index contributed by atoms with van der Waals surface area (Å²) in [6.07, 6.45) is 23.9. The zero-order valence-electron chi connectivity index (χ0n) is 13.3. The van der Waals surface area contributed by atoms with Gasteiger partial charge in [-0.15, -0.1) is 0 Å². The first-order valence-electron chi connectivity index (χ1n) is 8.77. The molecule has 0 radical (unpaired) electrons. The van der Waals surface area contributed by atoms with Crippen molar-refractivity contribution in [1.82, 2.24) is 0 Å². The van der Waals surface area contributed by atoms with Gasteiger partial charge in [-0.25, -0.2) is 0 Å². The van der Waals surface area contributed by atoms with E-state index in [-0.39, 0.29) is 0 Å². The van der Waals surface area contributed by atoms with Gasteiger partial charge in [-0.05, 0) is 38.6 Å². The van der Waals surface area contributed by atoms with Gasteiger partial charge in [-0.2, -0.15) is 0 Å². The Morgan fingerprint density at radius 2 is 1.00 bits per heavy atom. The topological polar surface area (TPSA) is 26.0 Å². The molecule has 1 nitrogen and oxygen atoms in total. The van der Waals surface area contributed by atoms with Crippen LogP contribution in [-0.4, -0.2) is 6.54 Å². The molecule has 1 heteroatoms. The molecule has 0 saturated heterocycles. The Labute approximate surface area is 122 Å². The van der Waals surface area contributed by atoms with Crippen LogP contribution >= 0.6 is 0 Å². The molecule has 0 aliphatic heterocycles. The van der Waals surface area contributed by atoms with E-state index in [0.717, 1.165) is 6.54 Å². The molecule has 0 aromatic heterocycles. The van der Waals surface area contributed by atoms with Crippen molar-refractivity contribution in [2.75, 3.05) is 6.54 Å². The summed E-state index contributed by atoms with van der Waals surface area (Å²) in [5.74, 6) is 0. The maximum atomic E-state index is 5.46. The largest absolute Gasteiger partial charge is 0.330 e. The summed E-state index contributed by atoms with van der Waals surface area (Å²) < 4.78 is 0. The number of hydrogen-bond acceptors (Lipinski definition) is 1. The number of hydrogen-bond donors (Lipinski definition) is 1. The van der Waals surface area contributed by atoms with Crippen LogP contribution in [0.5, 0.6) is 0 Å². The van der Waals surface area contributed by atoms with Gasteiger partial charge < -0.3 is 5.73 Å². The van der Waals surface area contributed by atoms with Crippen molar-refractivity contribution in [2.45, 2.75) is 96.8 Å². The maximum Gasteiger partial charge on any atom is -0.00773 e. The van der Waals surface area contributed by atoms with E-state index in [1.807, 2.05) is 0 Å². The van der Waals surface area contributed by atoms with Gasteiger partial charge in [0, 0.05) is 0 Å². The van der Waals surface area contributed by atoms with Crippen molar-refractivity contribution in [3.63, 3.8) is 0 Å². The number of nitrogens with two attached hydrogens (primary N) is 1. The van der Waals surface area contributed by atoms with Crippen molar-refractivity contribution < 1.29 is 0 Å². The van der Waals surface area contributed by atoms with Crippen LogP contribution in [0.4, 0.5) is 0 Å². The Bertz CT molecular complexity index is 175. The van der Waals surface area contributed by atoms with Crippen molar-refractivity contribution >= 4 is 0 Å². The average Bonchev–Trinajstić information content (AvgIpc) is 2.43. The van der Waals surface area contributed by atoms with Crippen molar-refractivity contribution in [2.24, 2.45) is 5.73 Å². The van der Waals surface area contributed by atoms with Crippen LogP contribution in [0.1, 0.15) is 96.8 Å². The van der Waals surface area contributed by atoms with Gasteiger partial charge >= 0.3 is 0 Å². The lowest BCUT2D eigenvalue weighted by molar-refractivity contribution is 0.566. The maximum absolute atomic E-state index is 5.46. The van der Waals surface area contributed by atoms with Crippen LogP contribution in [0.3, 0.4) is 0 Å². The minimum Gasteiger partial charge on any atom is -0.330 e. The van der Waals surface area contributed by atoms with Crippen LogP contribution < -0.4 is 5.73 Å². The van der Waals surface area contributed by atoms with Crippen LogP contribution in [0.2, 0.25) is 0 Å². The van der Waals surface area contributed by atoms with Crippen LogP contribution in [0.25, 0.3) is 0 Å². The van der Waals surface area contributed by atoms with Gasteiger partial charge in [0.05, 0.1) is 0 Å². The van der Waals surface area contributed by atoms with E-state index in [0.29, 0.717) is 0 Å². The quantitative estimate of drug-likeness (QED) is 0.286. The number of unbranched alkanes of at least 4 members (excludes halogenated alkanes) is 12. The molecule has 0 unspecified atom stereocenters. The third-order valence-electron chi connectivity index (χ3n) is 3.72. The monoisotopic (exact) mass is 267 g/mol. The third-order valence-corrected chi connectivity index (χ3v) is 3.72. The Balaban J connectivity index is 2.99. The summed E-state index contributed by atoms with van der Waals surface area (Å²) in [6.45, 7) is 3.13. The lowest BCUT2D eigenvalue weighted by atomic mass is 10.1. The molecule has 0 rings (SSSR count). The Hall–Kier alpha value is -0.300. The fourth-order valence-corrected chi connectivity index (χ4v) is 2.39. The molecule has 0 aromatic rings. The molecule has 0 fully saturated rings. The Morgan fingerprint density at radius 1 is 0.579 bits per heavy atom. The predicted octanol–water partition coefficient (Wildman–Crippen LogP) is 5.98. The normalized spacial score (nSPS) is 11.5. The Kier molecular flexibility index (Phi) is 17.4. The minimum absolute atomic E-state index is 0.849. The highest BCUT2D eigenvalue weighted by atomic mass is 14.5. The second kappa shape index (κ2) is 17.7. The first kappa shape index (κ1) is 18.7. The van der Waals surface area contributed by atoms with E-state index in [2.05, 4.69) is 19.1 Å². The van der Waals surface area contributed by atoms with E-state index in [1.165, 1.54) is 89.9 Å².